The SMILES string of the molecule is CCCC1(C)CNCC(COC(C)C)O1. The smallest absolute Gasteiger partial charge is 0.0940 e. The molecule has 0 bridgehead atoms. The maximum Gasteiger partial charge on any atom is 0.0940 e. The largest absolute Gasteiger partial charge is 0.376 e. The van der Waals surface area contributed by atoms with Crippen molar-refractivity contribution in [2.24, 2.45) is 0 Å². The van der Waals surface area contributed by atoms with Gasteiger partial charge in [-0.1, -0.05) is 13.3 Å². The summed E-state index contributed by atoms with van der Waals surface area (Å²) in [7, 11) is 0. The molecule has 0 aromatic rings. The second-order valence-electron chi connectivity index (χ2n) is 4.95. The Labute approximate surface area is 93.5 Å². The van der Waals surface area contributed by atoms with Crippen molar-refractivity contribution in [3.8, 4) is 0 Å². The van der Waals surface area contributed by atoms with Gasteiger partial charge in [0.25, 0.3) is 0 Å². The molecule has 15 heavy (non-hydrogen) atoms. The monoisotopic (exact) mass is 215 g/mol. The van der Waals surface area contributed by atoms with E-state index in [0.717, 1.165) is 25.9 Å². The topological polar surface area (TPSA) is 30.5 Å². The minimum atomic E-state index is -0.00198. The summed E-state index contributed by atoms with van der Waals surface area (Å²) in [6.45, 7) is 11.1. The summed E-state index contributed by atoms with van der Waals surface area (Å²) in [6.07, 6.45) is 2.76. The summed E-state index contributed by atoms with van der Waals surface area (Å²) >= 11 is 0. The number of hydrogen-bond donors (Lipinski definition) is 1. The van der Waals surface area contributed by atoms with Crippen LogP contribution in [0.5, 0.6) is 0 Å². The first-order valence-corrected chi connectivity index (χ1v) is 6.06. The summed E-state index contributed by atoms with van der Waals surface area (Å²) in [5.41, 5.74) is -0.00198. The summed E-state index contributed by atoms with van der Waals surface area (Å²) in [5, 5.41) is 3.43. The van der Waals surface area contributed by atoms with Crippen molar-refractivity contribution in [1.29, 1.82) is 0 Å². The van der Waals surface area contributed by atoms with Gasteiger partial charge in [-0.15, -0.1) is 0 Å². The zero-order chi connectivity index (χ0) is 11.3. The molecule has 0 amide bonds. The van der Waals surface area contributed by atoms with Gasteiger partial charge in [0.1, 0.15) is 0 Å². The van der Waals surface area contributed by atoms with Crippen molar-refractivity contribution >= 4 is 0 Å². The van der Waals surface area contributed by atoms with Crippen LogP contribution in [0.2, 0.25) is 0 Å². The molecule has 2 unspecified atom stereocenters. The number of ether oxygens (including phenoxy) is 2. The highest BCUT2D eigenvalue weighted by Gasteiger charge is 2.31. The lowest BCUT2D eigenvalue weighted by atomic mass is 9.98. The Morgan fingerprint density at radius 3 is 2.87 bits per heavy atom. The van der Waals surface area contributed by atoms with E-state index in [1.165, 1.54) is 0 Å². The molecule has 3 heteroatoms. The second kappa shape index (κ2) is 5.83. The first kappa shape index (κ1) is 12.9. The minimum absolute atomic E-state index is 0.00198. The van der Waals surface area contributed by atoms with Gasteiger partial charge < -0.3 is 14.8 Å². The summed E-state index contributed by atoms with van der Waals surface area (Å²) < 4.78 is 11.7. The Balaban J connectivity index is 2.34. The normalized spacial score (nSPS) is 32.2. The highest BCUT2D eigenvalue weighted by Crippen LogP contribution is 2.22. The van der Waals surface area contributed by atoms with Crippen molar-refractivity contribution in [3.63, 3.8) is 0 Å². The molecular formula is C12H25NO2. The Kier molecular flexibility index (Phi) is 5.03. The number of nitrogens with one attached hydrogen (secondary N) is 1. The lowest BCUT2D eigenvalue weighted by Gasteiger charge is -2.39. The first-order chi connectivity index (χ1) is 7.06. The van der Waals surface area contributed by atoms with Crippen LogP contribution in [0.25, 0.3) is 0 Å². The third-order valence-electron chi connectivity index (χ3n) is 2.72. The van der Waals surface area contributed by atoms with Crippen LogP contribution in [0.1, 0.15) is 40.5 Å². The Morgan fingerprint density at radius 1 is 1.53 bits per heavy atom. The zero-order valence-electron chi connectivity index (χ0n) is 10.5. The van der Waals surface area contributed by atoms with E-state index in [9.17, 15) is 0 Å². The average Bonchev–Trinajstić information content (AvgIpc) is 2.15. The summed E-state index contributed by atoms with van der Waals surface area (Å²) in [4.78, 5) is 0. The van der Waals surface area contributed by atoms with Crippen LogP contribution in [0, 0.1) is 0 Å². The van der Waals surface area contributed by atoms with Crippen LogP contribution >= 0.6 is 0 Å². The molecule has 0 radical (unpaired) electrons. The van der Waals surface area contributed by atoms with Gasteiger partial charge in [-0.2, -0.15) is 0 Å². The Bertz CT molecular complexity index is 180. The standard InChI is InChI=1S/C12H25NO2/c1-5-6-12(4)9-13-7-11(15-12)8-14-10(2)3/h10-11,13H,5-9H2,1-4H3. The number of hydrogen-bond acceptors (Lipinski definition) is 3. The van der Waals surface area contributed by atoms with Crippen LogP contribution in [-0.4, -0.2) is 37.5 Å². The molecule has 1 fully saturated rings. The molecule has 3 nitrogen and oxygen atoms in total. The van der Waals surface area contributed by atoms with E-state index >= 15 is 0 Å². The molecule has 1 heterocycles. The molecule has 0 aliphatic carbocycles. The molecule has 0 aromatic carbocycles. The molecule has 1 rings (SSSR count). The van der Waals surface area contributed by atoms with Crippen molar-refractivity contribution in [3.05, 3.63) is 0 Å². The predicted molar refractivity (Wildman–Crippen MR) is 62.1 cm³/mol. The molecule has 1 aliphatic heterocycles. The van der Waals surface area contributed by atoms with Crippen molar-refractivity contribution in [2.45, 2.75) is 58.3 Å². The fraction of sp³-hybridized carbons (Fsp3) is 1.00. The molecule has 2 atom stereocenters. The molecule has 1 saturated heterocycles. The van der Waals surface area contributed by atoms with Crippen molar-refractivity contribution in [2.75, 3.05) is 19.7 Å². The zero-order valence-corrected chi connectivity index (χ0v) is 10.5. The van der Waals surface area contributed by atoms with E-state index < -0.39 is 0 Å². The number of rotatable bonds is 5. The van der Waals surface area contributed by atoms with Crippen LogP contribution in [-0.2, 0) is 9.47 Å². The maximum absolute atomic E-state index is 6.08. The molecule has 90 valence electrons. The third kappa shape index (κ3) is 4.49. The highest BCUT2D eigenvalue weighted by atomic mass is 16.6. The minimum Gasteiger partial charge on any atom is -0.376 e. The molecule has 0 spiro atoms. The van der Waals surface area contributed by atoms with Gasteiger partial charge >= 0.3 is 0 Å². The van der Waals surface area contributed by atoms with E-state index in [4.69, 9.17) is 9.47 Å². The lowest BCUT2D eigenvalue weighted by Crippen LogP contribution is -2.53. The van der Waals surface area contributed by atoms with Crippen LogP contribution in [0.4, 0.5) is 0 Å². The second-order valence-corrected chi connectivity index (χ2v) is 4.95. The molecule has 0 saturated carbocycles. The highest BCUT2D eigenvalue weighted by molar-refractivity contribution is 4.85. The average molecular weight is 215 g/mol. The Hall–Kier alpha value is -0.120. The van der Waals surface area contributed by atoms with Gasteiger partial charge in [-0.3, -0.25) is 0 Å². The predicted octanol–water partition coefficient (Wildman–Crippen LogP) is 1.96. The van der Waals surface area contributed by atoms with Crippen molar-refractivity contribution in [1.82, 2.24) is 5.32 Å². The van der Waals surface area contributed by atoms with Crippen molar-refractivity contribution < 1.29 is 9.47 Å². The van der Waals surface area contributed by atoms with E-state index in [-0.39, 0.29) is 17.8 Å². The fourth-order valence-electron chi connectivity index (χ4n) is 2.05. The van der Waals surface area contributed by atoms with Gasteiger partial charge in [0.15, 0.2) is 0 Å². The number of morpholine rings is 1. The maximum atomic E-state index is 6.08. The lowest BCUT2D eigenvalue weighted by molar-refractivity contribution is -0.138. The van der Waals surface area contributed by atoms with E-state index in [1.807, 2.05) is 0 Å². The quantitative estimate of drug-likeness (QED) is 0.760. The summed E-state index contributed by atoms with van der Waals surface area (Å²) in [5.74, 6) is 0. The molecule has 0 aromatic heterocycles. The molecular weight excluding hydrogens is 190 g/mol. The Morgan fingerprint density at radius 2 is 2.27 bits per heavy atom. The van der Waals surface area contributed by atoms with Gasteiger partial charge in [-0.25, -0.2) is 0 Å². The fourth-order valence-corrected chi connectivity index (χ4v) is 2.05. The molecule has 1 aliphatic rings. The van der Waals surface area contributed by atoms with Gasteiger partial charge in [0, 0.05) is 13.1 Å². The van der Waals surface area contributed by atoms with E-state index in [2.05, 4.69) is 33.0 Å². The van der Waals surface area contributed by atoms with E-state index in [0.29, 0.717) is 6.61 Å². The summed E-state index contributed by atoms with van der Waals surface area (Å²) in [6, 6.07) is 0. The van der Waals surface area contributed by atoms with Crippen LogP contribution < -0.4 is 5.32 Å². The van der Waals surface area contributed by atoms with Gasteiger partial charge in [0.2, 0.25) is 0 Å². The van der Waals surface area contributed by atoms with Crippen LogP contribution in [0.15, 0.2) is 0 Å². The van der Waals surface area contributed by atoms with E-state index in [1.54, 1.807) is 0 Å². The van der Waals surface area contributed by atoms with Gasteiger partial charge in [-0.05, 0) is 27.2 Å². The molecule has 1 N–H and O–H groups in total. The van der Waals surface area contributed by atoms with Gasteiger partial charge in [0.05, 0.1) is 24.4 Å². The third-order valence-corrected chi connectivity index (χ3v) is 2.72. The first-order valence-electron chi connectivity index (χ1n) is 6.06. The van der Waals surface area contributed by atoms with Crippen LogP contribution in [0.3, 0.4) is 0 Å².